The van der Waals surface area contributed by atoms with Crippen LogP contribution in [0.3, 0.4) is 0 Å². The number of nitrogens with one attached hydrogen (secondary N) is 1. The molecule has 0 spiro atoms. The minimum Gasteiger partial charge on any atom is -0.345 e. The molecule has 0 saturated carbocycles. The van der Waals surface area contributed by atoms with Crippen LogP contribution in [0.4, 0.5) is 11.4 Å². The molecule has 0 aliphatic rings. The third-order valence-electron chi connectivity index (χ3n) is 2.90. The van der Waals surface area contributed by atoms with E-state index in [0.717, 1.165) is 23.1 Å². The molecule has 1 N–H and O–H groups in total. The molecule has 1 amide bonds. The van der Waals surface area contributed by atoms with Gasteiger partial charge in [-0.15, -0.1) is 11.3 Å². The van der Waals surface area contributed by atoms with Crippen LogP contribution < -0.4 is 5.32 Å². The van der Waals surface area contributed by atoms with Crippen molar-refractivity contribution in [2.75, 3.05) is 0 Å². The van der Waals surface area contributed by atoms with E-state index in [0.29, 0.717) is 0 Å². The van der Waals surface area contributed by atoms with Crippen LogP contribution in [-0.2, 0) is 0 Å². The van der Waals surface area contributed by atoms with Crippen molar-refractivity contribution < 1.29 is 14.6 Å². The fourth-order valence-electron chi connectivity index (χ4n) is 1.83. The zero-order valence-corrected chi connectivity index (χ0v) is 12.2. The first-order valence-electron chi connectivity index (χ1n) is 6.16. The maximum absolute atomic E-state index is 12.1. The van der Waals surface area contributed by atoms with Crippen LogP contribution in [0.2, 0.25) is 0 Å². The highest BCUT2D eigenvalue weighted by molar-refractivity contribution is 7.10. The molecule has 1 heterocycles. The van der Waals surface area contributed by atoms with Crippen molar-refractivity contribution in [2.45, 2.75) is 13.0 Å². The number of thiophene rings is 1. The van der Waals surface area contributed by atoms with Crippen LogP contribution >= 0.6 is 11.3 Å². The minimum absolute atomic E-state index is 0.121. The molecule has 0 aliphatic heterocycles. The molecule has 114 valence electrons. The fourth-order valence-corrected chi connectivity index (χ4v) is 2.56. The van der Waals surface area contributed by atoms with Crippen molar-refractivity contribution in [3.63, 3.8) is 0 Å². The number of hydrogen-bond donors (Lipinski definition) is 1. The maximum Gasteiger partial charge on any atom is 0.277 e. The number of nitrogens with zero attached hydrogens (tertiary/aromatic N) is 2. The second kappa shape index (κ2) is 6.31. The van der Waals surface area contributed by atoms with E-state index in [1.165, 1.54) is 11.3 Å². The lowest BCUT2D eigenvalue weighted by molar-refractivity contribution is -0.394. The summed E-state index contributed by atoms with van der Waals surface area (Å²) in [6, 6.07) is 6.23. The van der Waals surface area contributed by atoms with Gasteiger partial charge in [-0.1, -0.05) is 6.07 Å². The van der Waals surface area contributed by atoms with Crippen molar-refractivity contribution >= 4 is 28.6 Å². The number of benzene rings is 1. The molecule has 1 aromatic heterocycles. The maximum atomic E-state index is 12.1. The molecule has 1 unspecified atom stereocenters. The summed E-state index contributed by atoms with van der Waals surface area (Å²) >= 11 is 1.45. The molecule has 0 radical (unpaired) electrons. The number of nitro groups is 2. The van der Waals surface area contributed by atoms with E-state index >= 15 is 0 Å². The predicted octanol–water partition coefficient (Wildman–Crippen LogP) is 3.06. The van der Waals surface area contributed by atoms with E-state index in [1.807, 2.05) is 17.5 Å². The number of non-ortho nitro benzene ring substituents is 2. The second-order valence-corrected chi connectivity index (χ2v) is 5.44. The Morgan fingerprint density at radius 1 is 1.18 bits per heavy atom. The first-order chi connectivity index (χ1) is 10.4. The van der Waals surface area contributed by atoms with Crippen LogP contribution in [0.1, 0.15) is 28.2 Å². The standard InChI is InChI=1S/C13H11N3O5S/c1-8(12-3-2-4-22-12)14-13(17)9-5-10(15(18)19)7-11(6-9)16(20)21/h2-8H,1H3,(H,14,17). The summed E-state index contributed by atoms with van der Waals surface area (Å²) in [6.07, 6.45) is 0. The molecule has 22 heavy (non-hydrogen) atoms. The van der Waals surface area contributed by atoms with Gasteiger partial charge in [-0.05, 0) is 18.4 Å². The summed E-state index contributed by atoms with van der Waals surface area (Å²) < 4.78 is 0. The molecular formula is C13H11N3O5S. The Balaban J connectivity index is 2.28. The Hall–Kier alpha value is -2.81. The number of hydrogen-bond acceptors (Lipinski definition) is 6. The lowest BCUT2D eigenvalue weighted by Gasteiger charge is -2.12. The van der Waals surface area contributed by atoms with Crippen molar-refractivity contribution in [3.05, 3.63) is 66.4 Å². The zero-order valence-electron chi connectivity index (χ0n) is 11.4. The molecule has 2 rings (SSSR count). The van der Waals surface area contributed by atoms with Gasteiger partial charge in [0, 0.05) is 17.0 Å². The molecule has 0 bridgehead atoms. The van der Waals surface area contributed by atoms with Gasteiger partial charge in [-0.3, -0.25) is 25.0 Å². The average molecular weight is 321 g/mol. The second-order valence-electron chi connectivity index (χ2n) is 4.46. The lowest BCUT2D eigenvalue weighted by atomic mass is 10.1. The quantitative estimate of drug-likeness (QED) is 0.671. The van der Waals surface area contributed by atoms with Gasteiger partial charge in [0.25, 0.3) is 17.3 Å². The van der Waals surface area contributed by atoms with Gasteiger partial charge in [0.2, 0.25) is 0 Å². The number of amides is 1. The minimum atomic E-state index is -0.771. The molecule has 1 atom stereocenters. The normalized spacial score (nSPS) is 11.7. The zero-order chi connectivity index (χ0) is 16.3. The Kier molecular flexibility index (Phi) is 4.47. The summed E-state index contributed by atoms with van der Waals surface area (Å²) in [7, 11) is 0. The van der Waals surface area contributed by atoms with E-state index in [2.05, 4.69) is 5.32 Å². The number of rotatable bonds is 5. The van der Waals surface area contributed by atoms with Crippen LogP contribution in [0.15, 0.2) is 35.7 Å². The highest BCUT2D eigenvalue weighted by atomic mass is 32.1. The summed E-state index contributed by atoms with van der Waals surface area (Å²) in [4.78, 5) is 33.1. The van der Waals surface area contributed by atoms with Gasteiger partial charge in [-0.25, -0.2) is 0 Å². The Morgan fingerprint density at radius 2 is 1.77 bits per heavy atom. The fraction of sp³-hybridized carbons (Fsp3) is 0.154. The van der Waals surface area contributed by atoms with Gasteiger partial charge in [0.05, 0.1) is 27.5 Å². The Morgan fingerprint density at radius 3 is 2.23 bits per heavy atom. The Bertz CT molecular complexity index is 697. The largest absolute Gasteiger partial charge is 0.345 e. The highest BCUT2D eigenvalue weighted by Crippen LogP contribution is 2.24. The SMILES string of the molecule is CC(NC(=O)c1cc([N+](=O)[O-])cc([N+](=O)[O-])c1)c1cccs1. The first-order valence-corrected chi connectivity index (χ1v) is 7.04. The topological polar surface area (TPSA) is 115 Å². The molecule has 8 nitrogen and oxygen atoms in total. The van der Waals surface area contributed by atoms with Crippen LogP contribution in [0.25, 0.3) is 0 Å². The summed E-state index contributed by atoms with van der Waals surface area (Å²) in [5, 5.41) is 26.1. The van der Waals surface area contributed by atoms with E-state index in [4.69, 9.17) is 0 Å². The van der Waals surface area contributed by atoms with Crippen molar-refractivity contribution in [2.24, 2.45) is 0 Å². The van der Waals surface area contributed by atoms with Gasteiger partial charge in [0.1, 0.15) is 0 Å². The van der Waals surface area contributed by atoms with E-state index in [9.17, 15) is 25.0 Å². The first kappa shape index (κ1) is 15.6. The molecule has 0 saturated heterocycles. The van der Waals surface area contributed by atoms with Crippen molar-refractivity contribution in [1.82, 2.24) is 5.32 Å². The molecule has 0 aliphatic carbocycles. The summed E-state index contributed by atoms with van der Waals surface area (Å²) in [5.74, 6) is -0.604. The van der Waals surface area contributed by atoms with Crippen LogP contribution in [-0.4, -0.2) is 15.8 Å². The molecule has 1 aromatic carbocycles. The number of carbonyl (C=O) groups excluding carboxylic acids is 1. The summed E-state index contributed by atoms with van der Waals surface area (Å²) in [5.41, 5.74) is -1.12. The van der Waals surface area contributed by atoms with Crippen LogP contribution in [0, 0.1) is 20.2 Å². The number of nitro benzene ring substituents is 2. The van der Waals surface area contributed by atoms with E-state index < -0.39 is 27.1 Å². The van der Waals surface area contributed by atoms with E-state index in [-0.39, 0.29) is 11.6 Å². The third kappa shape index (κ3) is 3.44. The van der Waals surface area contributed by atoms with Gasteiger partial charge < -0.3 is 5.32 Å². The molecule has 0 fully saturated rings. The molecule has 2 aromatic rings. The highest BCUT2D eigenvalue weighted by Gasteiger charge is 2.21. The predicted molar refractivity (Wildman–Crippen MR) is 80.0 cm³/mol. The van der Waals surface area contributed by atoms with Crippen molar-refractivity contribution in [1.29, 1.82) is 0 Å². The smallest absolute Gasteiger partial charge is 0.277 e. The van der Waals surface area contributed by atoms with Gasteiger partial charge >= 0.3 is 0 Å². The number of carbonyl (C=O) groups is 1. The van der Waals surface area contributed by atoms with Crippen LogP contribution in [0.5, 0.6) is 0 Å². The molecular weight excluding hydrogens is 310 g/mol. The molecule has 9 heteroatoms. The van der Waals surface area contributed by atoms with Gasteiger partial charge in [0.15, 0.2) is 0 Å². The Labute approximate surface area is 128 Å². The van der Waals surface area contributed by atoms with Gasteiger partial charge in [-0.2, -0.15) is 0 Å². The van der Waals surface area contributed by atoms with E-state index in [1.54, 1.807) is 6.92 Å². The average Bonchev–Trinajstić information content (AvgIpc) is 3.00. The summed E-state index contributed by atoms with van der Waals surface area (Å²) in [6.45, 7) is 1.76. The third-order valence-corrected chi connectivity index (χ3v) is 3.96. The monoisotopic (exact) mass is 321 g/mol. The van der Waals surface area contributed by atoms with Crippen molar-refractivity contribution in [3.8, 4) is 0 Å². The lowest BCUT2D eigenvalue weighted by Crippen LogP contribution is -2.26.